The average Bonchev–Trinajstić information content (AvgIpc) is 2.74. The summed E-state index contributed by atoms with van der Waals surface area (Å²) in [7, 11) is 1.65. The lowest BCUT2D eigenvalue weighted by Gasteiger charge is -2.20. The maximum absolute atomic E-state index is 10.1. The zero-order valence-electron chi connectivity index (χ0n) is 11.3. The molecule has 0 aliphatic carbocycles. The number of hydrogen-bond donors (Lipinski definition) is 1. The van der Waals surface area contributed by atoms with Crippen molar-refractivity contribution in [1.82, 2.24) is 9.78 Å². The van der Waals surface area contributed by atoms with E-state index in [1.807, 2.05) is 16.9 Å². The average molecular weight is 240 g/mol. The smallest absolute Gasteiger partial charge is 0.0857 e. The summed E-state index contributed by atoms with van der Waals surface area (Å²) in [6.45, 7) is 6.26. The van der Waals surface area contributed by atoms with Gasteiger partial charge in [-0.15, -0.1) is 0 Å². The standard InChI is InChI=1S/C13H24N2O2/c1-5-6-13(17-4)12(16)9-11-7-8-15(14-11)10(2)3/h7-8,10,12-13,16H,5-6,9H2,1-4H3. The predicted molar refractivity (Wildman–Crippen MR) is 68.0 cm³/mol. The van der Waals surface area contributed by atoms with Crippen molar-refractivity contribution < 1.29 is 9.84 Å². The second kappa shape index (κ2) is 6.77. The van der Waals surface area contributed by atoms with Crippen molar-refractivity contribution >= 4 is 0 Å². The fraction of sp³-hybridized carbons (Fsp3) is 0.769. The Balaban J connectivity index is 2.56. The molecule has 1 heterocycles. The van der Waals surface area contributed by atoms with Crippen LogP contribution in [0.2, 0.25) is 0 Å². The SMILES string of the molecule is CCCC(OC)C(O)Cc1ccn(C(C)C)n1. The highest BCUT2D eigenvalue weighted by atomic mass is 16.5. The number of nitrogens with zero attached hydrogens (tertiary/aromatic N) is 2. The Kier molecular flexibility index (Phi) is 5.65. The van der Waals surface area contributed by atoms with Crippen LogP contribution in [0, 0.1) is 0 Å². The van der Waals surface area contributed by atoms with E-state index in [-0.39, 0.29) is 6.10 Å². The van der Waals surface area contributed by atoms with Crippen LogP contribution in [-0.2, 0) is 11.2 Å². The predicted octanol–water partition coefficient (Wildman–Crippen LogP) is 2.18. The van der Waals surface area contributed by atoms with E-state index >= 15 is 0 Å². The summed E-state index contributed by atoms with van der Waals surface area (Å²) in [5, 5.41) is 14.5. The van der Waals surface area contributed by atoms with Gasteiger partial charge in [-0.25, -0.2) is 0 Å². The summed E-state index contributed by atoms with van der Waals surface area (Å²) in [5.41, 5.74) is 0.921. The highest BCUT2D eigenvalue weighted by Crippen LogP contribution is 2.12. The van der Waals surface area contributed by atoms with E-state index in [2.05, 4.69) is 25.9 Å². The molecule has 0 aliphatic rings. The minimum Gasteiger partial charge on any atom is -0.390 e. The van der Waals surface area contributed by atoms with Gasteiger partial charge in [0, 0.05) is 25.8 Å². The van der Waals surface area contributed by atoms with Crippen LogP contribution in [0.5, 0.6) is 0 Å². The Labute approximate surface area is 104 Å². The number of aromatic nitrogens is 2. The third-order valence-corrected chi connectivity index (χ3v) is 2.92. The Hall–Kier alpha value is -0.870. The molecule has 1 aromatic heterocycles. The van der Waals surface area contributed by atoms with Crippen molar-refractivity contribution in [1.29, 1.82) is 0 Å². The fourth-order valence-electron chi connectivity index (χ4n) is 1.87. The minimum absolute atomic E-state index is 0.0933. The summed E-state index contributed by atoms with van der Waals surface area (Å²) in [4.78, 5) is 0. The van der Waals surface area contributed by atoms with Crippen molar-refractivity contribution in [3.05, 3.63) is 18.0 Å². The van der Waals surface area contributed by atoms with Gasteiger partial charge in [0.25, 0.3) is 0 Å². The molecular weight excluding hydrogens is 216 g/mol. The summed E-state index contributed by atoms with van der Waals surface area (Å²) in [6.07, 6.45) is 3.82. The molecule has 0 aliphatic heterocycles. The van der Waals surface area contributed by atoms with Crippen LogP contribution in [0.4, 0.5) is 0 Å². The van der Waals surface area contributed by atoms with Gasteiger partial charge in [-0.05, 0) is 26.3 Å². The van der Waals surface area contributed by atoms with Gasteiger partial charge in [0.1, 0.15) is 0 Å². The summed E-state index contributed by atoms with van der Waals surface area (Å²) in [6, 6.07) is 2.32. The van der Waals surface area contributed by atoms with Crippen molar-refractivity contribution in [2.45, 2.75) is 58.3 Å². The Morgan fingerprint density at radius 1 is 1.47 bits per heavy atom. The van der Waals surface area contributed by atoms with Gasteiger partial charge in [0.05, 0.1) is 17.9 Å². The molecule has 0 amide bonds. The molecule has 17 heavy (non-hydrogen) atoms. The van der Waals surface area contributed by atoms with Crippen LogP contribution < -0.4 is 0 Å². The first-order valence-electron chi connectivity index (χ1n) is 6.33. The van der Waals surface area contributed by atoms with E-state index < -0.39 is 6.10 Å². The maximum atomic E-state index is 10.1. The largest absolute Gasteiger partial charge is 0.390 e. The van der Waals surface area contributed by atoms with Crippen LogP contribution >= 0.6 is 0 Å². The molecule has 1 rings (SSSR count). The molecule has 4 nitrogen and oxygen atoms in total. The molecule has 0 saturated carbocycles. The Bertz CT molecular complexity index is 323. The van der Waals surface area contributed by atoms with Crippen molar-refractivity contribution in [2.75, 3.05) is 7.11 Å². The zero-order valence-corrected chi connectivity index (χ0v) is 11.3. The normalized spacial score (nSPS) is 15.2. The molecule has 0 aromatic carbocycles. The molecule has 2 unspecified atom stereocenters. The van der Waals surface area contributed by atoms with Crippen molar-refractivity contribution in [2.24, 2.45) is 0 Å². The van der Waals surface area contributed by atoms with E-state index in [1.54, 1.807) is 7.11 Å². The number of ether oxygens (including phenoxy) is 1. The van der Waals surface area contributed by atoms with Gasteiger partial charge in [0.15, 0.2) is 0 Å². The minimum atomic E-state index is -0.476. The second-order valence-electron chi connectivity index (χ2n) is 4.72. The number of methoxy groups -OCH3 is 1. The Morgan fingerprint density at radius 3 is 2.65 bits per heavy atom. The van der Waals surface area contributed by atoms with Crippen molar-refractivity contribution in [3.63, 3.8) is 0 Å². The highest BCUT2D eigenvalue weighted by Gasteiger charge is 2.19. The second-order valence-corrected chi connectivity index (χ2v) is 4.72. The van der Waals surface area contributed by atoms with Gasteiger partial charge in [0.2, 0.25) is 0 Å². The molecule has 0 saturated heterocycles. The lowest BCUT2D eigenvalue weighted by Crippen LogP contribution is -2.30. The lowest BCUT2D eigenvalue weighted by atomic mass is 10.0. The van der Waals surface area contributed by atoms with Gasteiger partial charge in [-0.1, -0.05) is 13.3 Å². The number of aliphatic hydroxyl groups excluding tert-OH is 1. The lowest BCUT2D eigenvalue weighted by molar-refractivity contribution is -0.0164. The van der Waals surface area contributed by atoms with E-state index in [0.717, 1.165) is 18.5 Å². The van der Waals surface area contributed by atoms with E-state index in [0.29, 0.717) is 12.5 Å². The zero-order chi connectivity index (χ0) is 12.8. The van der Waals surface area contributed by atoms with Crippen molar-refractivity contribution in [3.8, 4) is 0 Å². The molecule has 0 bridgehead atoms. The molecule has 0 radical (unpaired) electrons. The highest BCUT2D eigenvalue weighted by molar-refractivity contribution is 5.02. The van der Waals surface area contributed by atoms with Gasteiger partial charge >= 0.3 is 0 Å². The maximum Gasteiger partial charge on any atom is 0.0857 e. The van der Waals surface area contributed by atoms with Crippen LogP contribution in [0.15, 0.2) is 12.3 Å². The third-order valence-electron chi connectivity index (χ3n) is 2.92. The molecular formula is C13H24N2O2. The molecule has 4 heteroatoms. The van der Waals surface area contributed by atoms with E-state index in [4.69, 9.17) is 4.74 Å². The molecule has 98 valence electrons. The molecule has 1 aromatic rings. The third kappa shape index (κ3) is 4.13. The first-order valence-corrected chi connectivity index (χ1v) is 6.33. The van der Waals surface area contributed by atoms with Gasteiger partial charge in [-0.3, -0.25) is 4.68 Å². The number of hydrogen-bond acceptors (Lipinski definition) is 3. The van der Waals surface area contributed by atoms with Gasteiger partial charge in [-0.2, -0.15) is 5.10 Å². The van der Waals surface area contributed by atoms with Crippen LogP contribution in [-0.4, -0.2) is 34.2 Å². The molecule has 0 fully saturated rings. The molecule has 0 spiro atoms. The van der Waals surface area contributed by atoms with Gasteiger partial charge < -0.3 is 9.84 Å². The number of aliphatic hydroxyl groups is 1. The monoisotopic (exact) mass is 240 g/mol. The molecule has 1 N–H and O–H groups in total. The Morgan fingerprint density at radius 2 is 2.18 bits per heavy atom. The van der Waals surface area contributed by atoms with Crippen LogP contribution in [0.1, 0.15) is 45.3 Å². The molecule has 2 atom stereocenters. The summed E-state index contributed by atoms with van der Waals surface area (Å²) >= 11 is 0. The van der Waals surface area contributed by atoms with Crippen LogP contribution in [0.25, 0.3) is 0 Å². The first-order chi connectivity index (χ1) is 8.08. The fourth-order valence-corrected chi connectivity index (χ4v) is 1.87. The van der Waals surface area contributed by atoms with E-state index in [1.165, 1.54) is 0 Å². The topological polar surface area (TPSA) is 47.3 Å². The quantitative estimate of drug-likeness (QED) is 0.794. The summed E-state index contributed by atoms with van der Waals surface area (Å²) in [5.74, 6) is 0. The number of rotatable bonds is 7. The first kappa shape index (κ1) is 14.2. The summed E-state index contributed by atoms with van der Waals surface area (Å²) < 4.78 is 7.20. The van der Waals surface area contributed by atoms with Crippen LogP contribution in [0.3, 0.4) is 0 Å². The van der Waals surface area contributed by atoms with E-state index in [9.17, 15) is 5.11 Å².